The van der Waals surface area contributed by atoms with Gasteiger partial charge in [0, 0.05) is 49.8 Å². The predicted octanol–water partition coefficient (Wildman–Crippen LogP) is 3.97. The molecule has 4 rings (SSSR count). The molecule has 2 heterocycles. The minimum atomic E-state index is 0.0117. The number of hydrogen-bond acceptors (Lipinski definition) is 7. The van der Waals surface area contributed by atoms with Gasteiger partial charge in [0.25, 0.3) is 0 Å². The van der Waals surface area contributed by atoms with Crippen LogP contribution < -0.4 is 14.4 Å². The second-order valence-corrected chi connectivity index (χ2v) is 9.00. The third-order valence-electron chi connectivity index (χ3n) is 6.09. The molecule has 2 aliphatic rings. The second-order valence-electron chi connectivity index (χ2n) is 8.01. The first kappa shape index (κ1) is 21.6. The molecule has 31 heavy (non-hydrogen) atoms. The van der Waals surface area contributed by atoms with Crippen molar-refractivity contribution in [1.29, 1.82) is 0 Å². The van der Waals surface area contributed by atoms with E-state index in [-0.39, 0.29) is 5.91 Å². The lowest BCUT2D eigenvalue weighted by Crippen LogP contribution is -2.48. The van der Waals surface area contributed by atoms with Gasteiger partial charge in [0.05, 0.1) is 14.2 Å². The van der Waals surface area contributed by atoms with Crippen molar-refractivity contribution in [2.75, 3.05) is 45.3 Å². The number of nitrogens with zero attached hydrogens (tertiary/aromatic N) is 4. The predicted molar refractivity (Wildman–Crippen MR) is 123 cm³/mol. The summed E-state index contributed by atoms with van der Waals surface area (Å²) in [5, 5.41) is 11.1. The maximum Gasteiger partial charge on any atom is 0.246 e. The highest BCUT2D eigenvalue weighted by Gasteiger charge is 2.25. The van der Waals surface area contributed by atoms with Gasteiger partial charge < -0.3 is 19.3 Å². The van der Waals surface area contributed by atoms with Gasteiger partial charge in [0.1, 0.15) is 16.5 Å². The smallest absolute Gasteiger partial charge is 0.246 e. The molecule has 7 nitrogen and oxygen atoms in total. The van der Waals surface area contributed by atoms with Gasteiger partial charge in [0.15, 0.2) is 0 Å². The monoisotopic (exact) mass is 442 g/mol. The molecule has 166 valence electrons. The molecule has 1 aliphatic carbocycles. The first-order chi connectivity index (χ1) is 15.2. The van der Waals surface area contributed by atoms with Crippen molar-refractivity contribution >= 4 is 28.5 Å². The Balaban J connectivity index is 1.32. The molecule has 0 spiro atoms. The van der Waals surface area contributed by atoms with Crippen LogP contribution in [0.2, 0.25) is 0 Å². The van der Waals surface area contributed by atoms with E-state index in [0.717, 1.165) is 29.5 Å². The highest BCUT2D eigenvalue weighted by Crippen LogP contribution is 2.36. The average molecular weight is 443 g/mol. The quantitative estimate of drug-likeness (QED) is 0.631. The molecule has 0 N–H and O–H groups in total. The van der Waals surface area contributed by atoms with E-state index in [2.05, 4.69) is 15.1 Å². The Morgan fingerprint density at radius 3 is 2.55 bits per heavy atom. The molecule has 8 heteroatoms. The van der Waals surface area contributed by atoms with Crippen molar-refractivity contribution in [2.24, 2.45) is 0 Å². The van der Waals surface area contributed by atoms with Crippen LogP contribution in [0.3, 0.4) is 0 Å². The van der Waals surface area contributed by atoms with Crippen molar-refractivity contribution in [2.45, 2.75) is 38.0 Å². The van der Waals surface area contributed by atoms with Gasteiger partial charge in [-0.1, -0.05) is 30.6 Å². The van der Waals surface area contributed by atoms with Gasteiger partial charge >= 0.3 is 0 Å². The Labute approximate surface area is 187 Å². The minimum Gasteiger partial charge on any atom is -0.497 e. The van der Waals surface area contributed by atoms with E-state index >= 15 is 0 Å². The molecule has 0 atom stereocenters. The fraction of sp³-hybridized carbons (Fsp3) is 0.522. The van der Waals surface area contributed by atoms with Crippen molar-refractivity contribution in [1.82, 2.24) is 15.1 Å². The van der Waals surface area contributed by atoms with Gasteiger partial charge in [-0.25, -0.2) is 0 Å². The summed E-state index contributed by atoms with van der Waals surface area (Å²) in [4.78, 5) is 16.8. The zero-order valence-electron chi connectivity index (χ0n) is 18.2. The molecule has 0 bridgehead atoms. The molecule has 1 aromatic carbocycles. The van der Waals surface area contributed by atoms with Crippen LogP contribution in [0.4, 0.5) is 5.13 Å². The van der Waals surface area contributed by atoms with E-state index in [1.807, 2.05) is 23.1 Å². The summed E-state index contributed by atoms with van der Waals surface area (Å²) in [6, 6.07) is 5.56. The first-order valence-electron chi connectivity index (χ1n) is 11.0. The molecule has 1 saturated carbocycles. The Morgan fingerprint density at radius 2 is 1.84 bits per heavy atom. The van der Waals surface area contributed by atoms with Crippen LogP contribution in [-0.2, 0) is 4.79 Å². The molecule has 2 fully saturated rings. The molecule has 0 unspecified atom stereocenters. The SMILES string of the molecule is COc1ccc(/C=C/C(=O)N2CCN(c3nnc(C4CCCCC4)s3)CC2)c(OC)c1. The topological polar surface area (TPSA) is 67.8 Å². The number of benzene rings is 1. The van der Waals surface area contributed by atoms with E-state index in [1.165, 1.54) is 37.1 Å². The molecule has 1 aromatic heterocycles. The Hall–Kier alpha value is -2.61. The van der Waals surface area contributed by atoms with Crippen LogP contribution in [0.5, 0.6) is 11.5 Å². The zero-order chi connectivity index (χ0) is 21.6. The molecule has 1 aliphatic heterocycles. The van der Waals surface area contributed by atoms with Crippen molar-refractivity contribution < 1.29 is 14.3 Å². The third-order valence-corrected chi connectivity index (χ3v) is 7.24. The van der Waals surface area contributed by atoms with Gasteiger partial charge in [-0.15, -0.1) is 10.2 Å². The summed E-state index contributed by atoms with van der Waals surface area (Å²) in [7, 11) is 3.23. The Kier molecular flexibility index (Phi) is 7.06. The van der Waals surface area contributed by atoms with Crippen LogP contribution in [0.25, 0.3) is 6.08 Å². The van der Waals surface area contributed by atoms with Crippen LogP contribution in [0, 0.1) is 0 Å². The van der Waals surface area contributed by atoms with Gasteiger partial charge in [0.2, 0.25) is 11.0 Å². The lowest BCUT2D eigenvalue weighted by molar-refractivity contribution is -0.126. The van der Waals surface area contributed by atoms with E-state index in [1.54, 1.807) is 37.7 Å². The lowest BCUT2D eigenvalue weighted by Gasteiger charge is -2.33. The maximum absolute atomic E-state index is 12.7. The molecule has 1 amide bonds. The summed E-state index contributed by atoms with van der Waals surface area (Å²) < 4.78 is 10.6. The summed E-state index contributed by atoms with van der Waals surface area (Å²) in [6.45, 7) is 2.93. The van der Waals surface area contributed by atoms with Crippen LogP contribution in [-0.4, -0.2) is 61.4 Å². The van der Waals surface area contributed by atoms with E-state index in [4.69, 9.17) is 9.47 Å². The number of rotatable bonds is 6. The largest absolute Gasteiger partial charge is 0.497 e. The number of hydrogen-bond donors (Lipinski definition) is 0. The molecule has 2 aromatic rings. The number of carbonyl (C=O) groups excluding carboxylic acids is 1. The minimum absolute atomic E-state index is 0.0117. The maximum atomic E-state index is 12.7. The second kappa shape index (κ2) is 10.1. The highest BCUT2D eigenvalue weighted by atomic mass is 32.1. The number of ether oxygens (including phenoxy) is 2. The van der Waals surface area contributed by atoms with E-state index in [9.17, 15) is 4.79 Å². The molecule has 0 radical (unpaired) electrons. The Morgan fingerprint density at radius 1 is 1.06 bits per heavy atom. The van der Waals surface area contributed by atoms with Gasteiger partial charge in [-0.05, 0) is 31.1 Å². The number of carbonyl (C=O) groups is 1. The fourth-order valence-corrected chi connectivity index (χ4v) is 5.27. The zero-order valence-corrected chi connectivity index (χ0v) is 19.1. The number of methoxy groups -OCH3 is 2. The normalized spacial score (nSPS) is 17.9. The summed E-state index contributed by atoms with van der Waals surface area (Å²) in [5.41, 5.74) is 0.847. The first-order valence-corrected chi connectivity index (χ1v) is 11.8. The average Bonchev–Trinajstić information content (AvgIpc) is 3.33. The van der Waals surface area contributed by atoms with Crippen LogP contribution >= 0.6 is 11.3 Å². The van der Waals surface area contributed by atoms with Crippen LogP contribution in [0.1, 0.15) is 48.6 Å². The van der Waals surface area contributed by atoms with E-state index in [0.29, 0.717) is 24.8 Å². The summed E-state index contributed by atoms with van der Waals surface area (Å²) in [5.74, 6) is 2.00. The molecular weight excluding hydrogens is 412 g/mol. The summed E-state index contributed by atoms with van der Waals surface area (Å²) in [6.07, 6.45) is 9.84. The highest BCUT2D eigenvalue weighted by molar-refractivity contribution is 7.15. The van der Waals surface area contributed by atoms with Crippen LogP contribution in [0.15, 0.2) is 24.3 Å². The molecular formula is C23H30N4O3S. The standard InChI is InChI=1S/C23H30N4O3S/c1-29-19-10-8-17(20(16-19)30-2)9-11-21(28)26-12-14-27(15-13-26)23-25-24-22(31-23)18-6-4-3-5-7-18/h8-11,16,18H,3-7,12-15H2,1-2H3/b11-9+. The van der Waals surface area contributed by atoms with Gasteiger partial charge in [-0.3, -0.25) is 4.79 Å². The molecule has 1 saturated heterocycles. The number of piperazine rings is 1. The third kappa shape index (κ3) is 5.18. The number of aromatic nitrogens is 2. The van der Waals surface area contributed by atoms with Crippen molar-refractivity contribution in [3.8, 4) is 11.5 Å². The number of amides is 1. The van der Waals surface area contributed by atoms with Crippen molar-refractivity contribution in [3.63, 3.8) is 0 Å². The fourth-order valence-electron chi connectivity index (χ4n) is 4.21. The summed E-state index contributed by atoms with van der Waals surface area (Å²) >= 11 is 1.73. The van der Waals surface area contributed by atoms with Gasteiger partial charge in [-0.2, -0.15) is 0 Å². The number of anilines is 1. The lowest BCUT2D eigenvalue weighted by atomic mass is 9.90. The van der Waals surface area contributed by atoms with E-state index < -0.39 is 0 Å². The van der Waals surface area contributed by atoms with Crippen molar-refractivity contribution in [3.05, 3.63) is 34.8 Å². The Bertz CT molecular complexity index is 915.